The second-order valence-electron chi connectivity index (χ2n) is 14.0. The molecule has 6 aromatic carbocycles. The number of fused-ring (bicyclic) bond motifs is 6. The van der Waals surface area contributed by atoms with Gasteiger partial charge in [-0.3, -0.25) is 9.97 Å². The van der Waals surface area contributed by atoms with Crippen LogP contribution in [0.3, 0.4) is 0 Å². The SMILES string of the molecule is c1cc(-c2ccc3c(c2)c2ccccc2n3-c2cccc(-n3c4ccccc4c4ccccc43)c2)cc(-c2nc(-c3ccncc3)cc(-c3ccncc3)n2)c1. The number of aromatic nitrogens is 6. The molecule has 6 nitrogen and oxygen atoms in total. The van der Waals surface area contributed by atoms with E-state index in [0.717, 1.165) is 61.6 Å². The summed E-state index contributed by atoms with van der Waals surface area (Å²) in [4.78, 5) is 18.6. The number of rotatable bonds is 6. The van der Waals surface area contributed by atoms with E-state index in [4.69, 9.17) is 9.97 Å². The Morgan fingerprint density at radius 1 is 0.304 bits per heavy atom. The minimum atomic E-state index is 0.661. The van der Waals surface area contributed by atoms with Crippen LogP contribution in [-0.2, 0) is 0 Å². The summed E-state index contributed by atoms with van der Waals surface area (Å²) >= 11 is 0. The summed E-state index contributed by atoms with van der Waals surface area (Å²) in [5.74, 6) is 0.661. The number of para-hydroxylation sites is 3. The van der Waals surface area contributed by atoms with Crippen LogP contribution < -0.4 is 0 Å². The molecule has 5 heterocycles. The van der Waals surface area contributed by atoms with Gasteiger partial charge in [0.05, 0.1) is 33.5 Å². The van der Waals surface area contributed by atoms with Crippen LogP contribution in [0.4, 0.5) is 0 Å². The lowest BCUT2D eigenvalue weighted by atomic mass is 10.00. The Morgan fingerprint density at radius 3 is 1.34 bits per heavy atom. The highest BCUT2D eigenvalue weighted by Gasteiger charge is 2.17. The van der Waals surface area contributed by atoms with E-state index in [2.05, 4.69) is 159 Å². The second-order valence-corrected chi connectivity index (χ2v) is 14.0. The molecule has 0 unspecified atom stereocenters. The first kappa shape index (κ1) is 31.8. The molecule has 0 bridgehead atoms. The fraction of sp³-hybridized carbons (Fsp3) is 0. The lowest BCUT2D eigenvalue weighted by Crippen LogP contribution is -1.98. The predicted molar refractivity (Wildman–Crippen MR) is 228 cm³/mol. The Kier molecular flexibility index (Phi) is 7.38. The van der Waals surface area contributed by atoms with Crippen molar-refractivity contribution in [3.63, 3.8) is 0 Å². The quantitative estimate of drug-likeness (QED) is 0.172. The summed E-state index contributed by atoms with van der Waals surface area (Å²) in [5, 5.41) is 4.91. The van der Waals surface area contributed by atoms with Crippen molar-refractivity contribution in [1.29, 1.82) is 0 Å². The van der Waals surface area contributed by atoms with Gasteiger partial charge in [0.15, 0.2) is 5.82 Å². The van der Waals surface area contributed by atoms with E-state index in [1.165, 1.54) is 32.6 Å². The van der Waals surface area contributed by atoms with Gasteiger partial charge in [-0.25, -0.2) is 9.97 Å². The van der Waals surface area contributed by atoms with Gasteiger partial charge in [0.25, 0.3) is 0 Å². The minimum Gasteiger partial charge on any atom is -0.309 e. The van der Waals surface area contributed by atoms with Gasteiger partial charge in [-0.1, -0.05) is 84.9 Å². The third-order valence-electron chi connectivity index (χ3n) is 10.7. The lowest BCUT2D eigenvalue weighted by molar-refractivity contribution is 1.13. The molecule has 0 saturated heterocycles. The molecule has 56 heavy (non-hydrogen) atoms. The van der Waals surface area contributed by atoms with E-state index in [9.17, 15) is 0 Å². The number of benzene rings is 6. The predicted octanol–water partition coefficient (Wildman–Crippen LogP) is 12.1. The summed E-state index contributed by atoms with van der Waals surface area (Å²) in [6, 6.07) is 60.2. The van der Waals surface area contributed by atoms with Gasteiger partial charge in [0, 0.05) is 74.4 Å². The van der Waals surface area contributed by atoms with Crippen molar-refractivity contribution in [3.05, 3.63) is 195 Å². The molecule has 0 amide bonds. The topological polar surface area (TPSA) is 61.4 Å². The Hall–Kier alpha value is -7.70. The van der Waals surface area contributed by atoms with E-state index < -0.39 is 0 Å². The number of nitrogens with zero attached hydrogens (tertiary/aromatic N) is 6. The molecule has 0 aliphatic rings. The Bertz CT molecular complexity index is 3140. The summed E-state index contributed by atoms with van der Waals surface area (Å²) in [6.45, 7) is 0. The van der Waals surface area contributed by atoms with Crippen molar-refractivity contribution in [2.45, 2.75) is 0 Å². The highest BCUT2D eigenvalue weighted by Crippen LogP contribution is 2.38. The number of hydrogen-bond donors (Lipinski definition) is 0. The maximum absolute atomic E-state index is 5.06. The van der Waals surface area contributed by atoms with Crippen molar-refractivity contribution in [2.75, 3.05) is 0 Å². The molecule has 11 aromatic rings. The summed E-state index contributed by atoms with van der Waals surface area (Å²) < 4.78 is 4.77. The van der Waals surface area contributed by atoms with Gasteiger partial charge in [0.1, 0.15) is 0 Å². The third-order valence-corrected chi connectivity index (χ3v) is 10.7. The van der Waals surface area contributed by atoms with E-state index in [1.54, 1.807) is 24.8 Å². The normalized spacial score (nSPS) is 11.6. The molecule has 0 saturated carbocycles. The molecule has 6 heteroatoms. The zero-order valence-electron chi connectivity index (χ0n) is 30.2. The Labute approximate surface area is 322 Å². The van der Waals surface area contributed by atoms with Crippen molar-refractivity contribution in [2.24, 2.45) is 0 Å². The molecule has 0 N–H and O–H groups in total. The number of hydrogen-bond acceptors (Lipinski definition) is 4. The molecular weight excluding hydrogens is 685 g/mol. The van der Waals surface area contributed by atoms with E-state index in [-0.39, 0.29) is 0 Å². The molecule has 5 aromatic heterocycles. The number of pyridine rings is 2. The van der Waals surface area contributed by atoms with Crippen molar-refractivity contribution >= 4 is 43.6 Å². The van der Waals surface area contributed by atoms with Crippen LogP contribution in [-0.4, -0.2) is 29.1 Å². The molecular formula is C50H32N6. The van der Waals surface area contributed by atoms with Crippen molar-refractivity contribution in [3.8, 4) is 56.4 Å². The fourth-order valence-corrected chi connectivity index (χ4v) is 8.16. The van der Waals surface area contributed by atoms with Crippen LogP contribution in [0, 0.1) is 0 Å². The van der Waals surface area contributed by atoms with Crippen LogP contribution in [0.25, 0.3) is 100 Å². The average Bonchev–Trinajstić information content (AvgIpc) is 3.80. The van der Waals surface area contributed by atoms with Gasteiger partial charge in [-0.2, -0.15) is 0 Å². The molecule has 262 valence electrons. The van der Waals surface area contributed by atoms with E-state index >= 15 is 0 Å². The maximum atomic E-state index is 5.06. The molecule has 0 radical (unpaired) electrons. The van der Waals surface area contributed by atoms with Crippen LogP contribution in [0.2, 0.25) is 0 Å². The summed E-state index contributed by atoms with van der Waals surface area (Å²) in [7, 11) is 0. The van der Waals surface area contributed by atoms with Crippen molar-refractivity contribution < 1.29 is 0 Å². The van der Waals surface area contributed by atoms with Gasteiger partial charge in [0.2, 0.25) is 0 Å². The smallest absolute Gasteiger partial charge is 0.160 e. The highest BCUT2D eigenvalue weighted by atomic mass is 15.0. The maximum Gasteiger partial charge on any atom is 0.160 e. The van der Waals surface area contributed by atoms with Gasteiger partial charge in [-0.15, -0.1) is 0 Å². The van der Waals surface area contributed by atoms with Crippen LogP contribution >= 0.6 is 0 Å². The zero-order valence-corrected chi connectivity index (χ0v) is 30.2. The monoisotopic (exact) mass is 716 g/mol. The van der Waals surface area contributed by atoms with Gasteiger partial charge >= 0.3 is 0 Å². The van der Waals surface area contributed by atoms with Crippen LogP contribution in [0.15, 0.2) is 195 Å². The van der Waals surface area contributed by atoms with Gasteiger partial charge in [-0.05, 0) is 96.1 Å². The molecule has 0 aliphatic heterocycles. The average molecular weight is 717 g/mol. The first-order valence-corrected chi connectivity index (χ1v) is 18.7. The van der Waals surface area contributed by atoms with Crippen molar-refractivity contribution in [1.82, 2.24) is 29.1 Å². The summed E-state index contributed by atoms with van der Waals surface area (Å²) in [6.07, 6.45) is 7.16. The fourth-order valence-electron chi connectivity index (χ4n) is 8.16. The highest BCUT2D eigenvalue weighted by molar-refractivity contribution is 6.11. The standard InChI is InChI=1S/C50H32N6/c1-4-16-46-40(13-1)41-14-2-5-17-47(41)55(46)38-11-8-12-39(31-38)56-48-18-6-3-15-42(48)43-30-36(19-20-49(43)56)35-9-7-10-37(29-35)50-53-44(33-21-25-51-26-22-33)32-45(54-50)34-23-27-52-28-24-34/h1-32H. The molecule has 11 rings (SSSR count). The first-order valence-electron chi connectivity index (χ1n) is 18.7. The lowest BCUT2D eigenvalue weighted by Gasteiger charge is -2.13. The molecule has 0 fully saturated rings. The largest absolute Gasteiger partial charge is 0.309 e. The molecule has 0 atom stereocenters. The first-order chi connectivity index (χ1) is 27.8. The summed E-state index contributed by atoms with van der Waals surface area (Å²) in [5.41, 5.74) is 13.8. The molecule has 0 aliphatic carbocycles. The van der Waals surface area contributed by atoms with E-state index in [0.29, 0.717) is 5.82 Å². The third kappa shape index (κ3) is 5.27. The minimum absolute atomic E-state index is 0.661. The van der Waals surface area contributed by atoms with Gasteiger partial charge < -0.3 is 9.13 Å². The second kappa shape index (κ2) is 13.0. The Balaban J connectivity index is 1.03. The molecule has 0 spiro atoms. The zero-order chi connectivity index (χ0) is 37.0. The van der Waals surface area contributed by atoms with E-state index in [1.807, 2.05) is 30.3 Å². The van der Waals surface area contributed by atoms with Crippen LogP contribution in [0.5, 0.6) is 0 Å². The van der Waals surface area contributed by atoms with Crippen LogP contribution in [0.1, 0.15) is 0 Å². The Morgan fingerprint density at radius 2 is 0.768 bits per heavy atom.